The predicted octanol–water partition coefficient (Wildman–Crippen LogP) is 0.265. The van der Waals surface area contributed by atoms with Crippen LogP contribution in [0.3, 0.4) is 0 Å². The van der Waals surface area contributed by atoms with Gasteiger partial charge in [0.2, 0.25) is 5.91 Å². The zero-order valence-corrected chi connectivity index (χ0v) is 11.5. The van der Waals surface area contributed by atoms with Gasteiger partial charge in [0, 0.05) is 26.2 Å². The Kier molecular flexibility index (Phi) is 4.97. The van der Waals surface area contributed by atoms with Gasteiger partial charge in [-0.1, -0.05) is 6.92 Å². The molecule has 2 fully saturated rings. The van der Waals surface area contributed by atoms with Gasteiger partial charge in [-0.3, -0.25) is 15.0 Å². The molecule has 0 saturated carbocycles. The third-order valence-electron chi connectivity index (χ3n) is 3.88. The Hall–Kier alpha value is -0.650. The molecule has 18 heavy (non-hydrogen) atoms. The molecule has 0 aromatic rings. The molecule has 2 unspecified atom stereocenters. The first-order chi connectivity index (χ1) is 8.72. The van der Waals surface area contributed by atoms with Gasteiger partial charge in [-0.15, -0.1) is 0 Å². The van der Waals surface area contributed by atoms with E-state index in [2.05, 4.69) is 24.1 Å². The van der Waals surface area contributed by atoms with Gasteiger partial charge in [0.05, 0.1) is 25.4 Å². The first kappa shape index (κ1) is 13.8. The van der Waals surface area contributed by atoms with Crippen molar-refractivity contribution in [3.63, 3.8) is 0 Å². The molecule has 0 bridgehead atoms. The number of nitrogens with zero attached hydrogens (tertiary/aromatic N) is 2. The lowest BCUT2D eigenvalue weighted by Crippen LogP contribution is -2.40. The number of nitrogens with one attached hydrogen (secondary N) is 1. The Bertz CT molecular complexity index is 279. The van der Waals surface area contributed by atoms with Crippen LogP contribution in [0.4, 0.5) is 0 Å². The molecule has 0 radical (unpaired) electrons. The fourth-order valence-corrected chi connectivity index (χ4v) is 2.73. The van der Waals surface area contributed by atoms with Gasteiger partial charge in [0.1, 0.15) is 0 Å². The lowest BCUT2D eigenvalue weighted by atomic mass is 10.2. The molecule has 2 heterocycles. The van der Waals surface area contributed by atoms with E-state index < -0.39 is 0 Å². The number of hydrogen-bond donors (Lipinski definition) is 1. The van der Waals surface area contributed by atoms with Gasteiger partial charge in [-0.25, -0.2) is 0 Å². The molecule has 2 aliphatic heterocycles. The number of morpholine rings is 1. The molecule has 5 nitrogen and oxygen atoms in total. The van der Waals surface area contributed by atoms with Gasteiger partial charge in [0.15, 0.2) is 0 Å². The highest BCUT2D eigenvalue weighted by atomic mass is 16.5. The summed E-state index contributed by atoms with van der Waals surface area (Å²) in [6, 6.07) is 0.0309. The summed E-state index contributed by atoms with van der Waals surface area (Å²) in [6.45, 7) is 9.80. The SMILES string of the molecule is CCC1NC(C)N(CCCN2CCOCC2)C1=O. The molecule has 2 saturated heterocycles. The molecule has 2 atom stereocenters. The first-order valence-corrected chi connectivity index (χ1v) is 7.09. The van der Waals surface area contributed by atoms with E-state index in [1.807, 2.05) is 4.90 Å². The number of carbonyl (C=O) groups is 1. The number of ether oxygens (including phenoxy) is 1. The quantitative estimate of drug-likeness (QED) is 0.766. The first-order valence-electron chi connectivity index (χ1n) is 7.09. The maximum absolute atomic E-state index is 12.1. The summed E-state index contributed by atoms with van der Waals surface area (Å²) >= 11 is 0. The highest BCUT2D eigenvalue weighted by Gasteiger charge is 2.34. The minimum Gasteiger partial charge on any atom is -0.379 e. The Labute approximate surface area is 109 Å². The summed E-state index contributed by atoms with van der Waals surface area (Å²) < 4.78 is 5.33. The molecule has 0 aromatic carbocycles. The Morgan fingerprint density at radius 1 is 1.33 bits per heavy atom. The second-order valence-corrected chi connectivity index (χ2v) is 5.14. The summed E-state index contributed by atoms with van der Waals surface area (Å²) in [7, 11) is 0. The van der Waals surface area contributed by atoms with Crippen LogP contribution in [-0.4, -0.2) is 67.3 Å². The number of amides is 1. The molecule has 0 spiro atoms. The zero-order chi connectivity index (χ0) is 13.0. The van der Waals surface area contributed by atoms with Crippen LogP contribution in [0.1, 0.15) is 26.7 Å². The van der Waals surface area contributed by atoms with Crippen molar-refractivity contribution in [1.82, 2.24) is 15.1 Å². The molecule has 5 heteroatoms. The van der Waals surface area contributed by atoms with E-state index >= 15 is 0 Å². The molecule has 2 aliphatic rings. The van der Waals surface area contributed by atoms with E-state index in [4.69, 9.17) is 4.74 Å². The molecule has 0 aromatic heterocycles. The average Bonchev–Trinajstić information content (AvgIpc) is 2.67. The lowest BCUT2D eigenvalue weighted by molar-refractivity contribution is -0.130. The minimum absolute atomic E-state index is 0.0309. The highest BCUT2D eigenvalue weighted by Crippen LogP contribution is 2.13. The summed E-state index contributed by atoms with van der Waals surface area (Å²) in [5.74, 6) is 0.270. The maximum Gasteiger partial charge on any atom is 0.240 e. The smallest absolute Gasteiger partial charge is 0.240 e. The van der Waals surface area contributed by atoms with Crippen LogP contribution in [0, 0.1) is 0 Å². The van der Waals surface area contributed by atoms with Crippen molar-refractivity contribution in [2.75, 3.05) is 39.4 Å². The normalized spacial score (nSPS) is 30.1. The van der Waals surface area contributed by atoms with E-state index in [0.717, 1.165) is 52.2 Å². The van der Waals surface area contributed by atoms with Crippen molar-refractivity contribution >= 4 is 5.91 Å². The topological polar surface area (TPSA) is 44.8 Å². The minimum atomic E-state index is 0.0309. The van der Waals surface area contributed by atoms with Crippen molar-refractivity contribution in [3.05, 3.63) is 0 Å². The molecule has 0 aliphatic carbocycles. The summed E-state index contributed by atoms with van der Waals surface area (Å²) in [5, 5.41) is 3.33. The van der Waals surface area contributed by atoms with Crippen LogP contribution in [0.5, 0.6) is 0 Å². The van der Waals surface area contributed by atoms with Crippen LogP contribution < -0.4 is 5.32 Å². The van der Waals surface area contributed by atoms with E-state index in [1.165, 1.54) is 0 Å². The van der Waals surface area contributed by atoms with Crippen LogP contribution in [0.15, 0.2) is 0 Å². The lowest BCUT2D eigenvalue weighted by Gasteiger charge is -2.28. The average molecular weight is 255 g/mol. The van der Waals surface area contributed by atoms with Crippen molar-refractivity contribution in [3.8, 4) is 0 Å². The van der Waals surface area contributed by atoms with Crippen LogP contribution >= 0.6 is 0 Å². The van der Waals surface area contributed by atoms with E-state index in [1.54, 1.807) is 0 Å². The third-order valence-corrected chi connectivity index (χ3v) is 3.88. The second-order valence-electron chi connectivity index (χ2n) is 5.14. The van der Waals surface area contributed by atoms with Crippen molar-refractivity contribution < 1.29 is 9.53 Å². The number of carbonyl (C=O) groups excluding carboxylic acids is 1. The number of hydrogen-bond acceptors (Lipinski definition) is 4. The molecular weight excluding hydrogens is 230 g/mol. The third kappa shape index (κ3) is 3.22. The van der Waals surface area contributed by atoms with E-state index in [-0.39, 0.29) is 18.1 Å². The van der Waals surface area contributed by atoms with Crippen LogP contribution in [0.25, 0.3) is 0 Å². The monoisotopic (exact) mass is 255 g/mol. The van der Waals surface area contributed by atoms with Crippen LogP contribution in [0.2, 0.25) is 0 Å². The molecule has 1 N–H and O–H groups in total. The largest absolute Gasteiger partial charge is 0.379 e. The Morgan fingerprint density at radius 2 is 2.06 bits per heavy atom. The molecular formula is C13H25N3O2. The van der Waals surface area contributed by atoms with Gasteiger partial charge >= 0.3 is 0 Å². The van der Waals surface area contributed by atoms with Gasteiger partial charge in [-0.05, 0) is 19.8 Å². The molecule has 1 amide bonds. The Balaban J connectivity index is 1.71. The number of rotatable bonds is 5. The highest BCUT2D eigenvalue weighted by molar-refractivity contribution is 5.84. The van der Waals surface area contributed by atoms with Crippen molar-refractivity contribution in [2.24, 2.45) is 0 Å². The maximum atomic E-state index is 12.1. The zero-order valence-electron chi connectivity index (χ0n) is 11.5. The summed E-state index contributed by atoms with van der Waals surface area (Å²) in [4.78, 5) is 16.5. The van der Waals surface area contributed by atoms with Gasteiger partial charge < -0.3 is 9.64 Å². The van der Waals surface area contributed by atoms with Gasteiger partial charge in [-0.2, -0.15) is 0 Å². The fourth-order valence-electron chi connectivity index (χ4n) is 2.73. The van der Waals surface area contributed by atoms with Crippen molar-refractivity contribution in [1.29, 1.82) is 0 Å². The predicted molar refractivity (Wildman–Crippen MR) is 70.3 cm³/mol. The standard InChI is InChI=1S/C13H25N3O2/c1-3-12-13(17)16(11(2)14-12)6-4-5-15-7-9-18-10-8-15/h11-12,14H,3-10H2,1-2H3. The fraction of sp³-hybridized carbons (Fsp3) is 0.923. The van der Waals surface area contributed by atoms with Crippen molar-refractivity contribution in [2.45, 2.75) is 38.9 Å². The molecule has 104 valence electrons. The van der Waals surface area contributed by atoms with E-state index in [0.29, 0.717) is 0 Å². The Morgan fingerprint density at radius 3 is 2.67 bits per heavy atom. The van der Waals surface area contributed by atoms with Crippen LogP contribution in [-0.2, 0) is 9.53 Å². The van der Waals surface area contributed by atoms with Gasteiger partial charge in [0.25, 0.3) is 0 Å². The molecule has 2 rings (SSSR count). The second kappa shape index (κ2) is 6.50. The van der Waals surface area contributed by atoms with E-state index in [9.17, 15) is 4.79 Å². The summed E-state index contributed by atoms with van der Waals surface area (Å²) in [6.07, 6.45) is 2.12. The summed E-state index contributed by atoms with van der Waals surface area (Å²) in [5.41, 5.74) is 0.